The van der Waals surface area contributed by atoms with Crippen LogP contribution in [0, 0.1) is 6.92 Å². The molecule has 3 rings (SSSR count). The molecule has 0 saturated heterocycles. The summed E-state index contributed by atoms with van der Waals surface area (Å²) in [6.07, 6.45) is 1.96. The second-order valence-electron chi connectivity index (χ2n) is 5.26. The summed E-state index contributed by atoms with van der Waals surface area (Å²) in [7, 11) is 0. The molecule has 3 nitrogen and oxygen atoms in total. The van der Waals surface area contributed by atoms with Crippen molar-refractivity contribution >= 4 is 17.5 Å². The molecule has 0 bridgehead atoms. The average molecular weight is 310 g/mol. The van der Waals surface area contributed by atoms with Crippen LogP contribution in [-0.2, 0) is 0 Å². The van der Waals surface area contributed by atoms with E-state index in [-0.39, 0.29) is 11.8 Å². The maximum absolute atomic E-state index is 13.0. The highest BCUT2D eigenvalue weighted by Crippen LogP contribution is 2.22. The SMILES string of the molecule is Cc1cccc(C(=O)C(NN2C=CSC2)c2ccccc2)c1. The fraction of sp³-hybridized carbons (Fsp3) is 0.167. The van der Waals surface area contributed by atoms with Gasteiger partial charge in [-0.15, -0.1) is 11.8 Å². The number of hydrogen-bond donors (Lipinski definition) is 1. The van der Waals surface area contributed by atoms with E-state index in [2.05, 4.69) is 5.43 Å². The minimum Gasteiger partial charge on any atom is -0.304 e. The average Bonchev–Trinajstić information content (AvgIpc) is 3.06. The summed E-state index contributed by atoms with van der Waals surface area (Å²) in [5, 5.41) is 3.97. The van der Waals surface area contributed by atoms with Crippen LogP contribution in [0.3, 0.4) is 0 Å². The van der Waals surface area contributed by atoms with Crippen LogP contribution in [0.2, 0.25) is 0 Å². The molecule has 2 aromatic rings. The predicted octanol–water partition coefficient (Wildman–Crippen LogP) is 3.90. The lowest BCUT2D eigenvalue weighted by Gasteiger charge is -2.24. The summed E-state index contributed by atoms with van der Waals surface area (Å²) in [6.45, 7) is 2.00. The Morgan fingerprint density at radius 2 is 2.00 bits per heavy atom. The Bertz CT molecular complexity index is 684. The molecule has 1 unspecified atom stereocenters. The lowest BCUT2D eigenvalue weighted by molar-refractivity contribution is 0.0900. The number of hydrogen-bond acceptors (Lipinski definition) is 4. The van der Waals surface area contributed by atoms with Gasteiger partial charge in [0.05, 0.1) is 5.88 Å². The molecule has 0 spiro atoms. The van der Waals surface area contributed by atoms with Gasteiger partial charge in [-0.25, -0.2) is 5.43 Å². The Balaban J connectivity index is 1.90. The molecule has 0 radical (unpaired) electrons. The molecule has 1 N–H and O–H groups in total. The van der Waals surface area contributed by atoms with E-state index in [1.54, 1.807) is 11.8 Å². The number of thioether (sulfide) groups is 1. The van der Waals surface area contributed by atoms with Gasteiger partial charge in [0.15, 0.2) is 5.78 Å². The molecule has 2 aromatic carbocycles. The molecule has 1 atom stereocenters. The van der Waals surface area contributed by atoms with E-state index < -0.39 is 0 Å². The van der Waals surface area contributed by atoms with E-state index in [0.717, 1.165) is 22.6 Å². The van der Waals surface area contributed by atoms with E-state index >= 15 is 0 Å². The molecular formula is C18H18N2OS. The first-order chi connectivity index (χ1) is 10.7. The van der Waals surface area contributed by atoms with Crippen molar-refractivity contribution in [2.45, 2.75) is 13.0 Å². The van der Waals surface area contributed by atoms with Gasteiger partial charge < -0.3 is 5.01 Å². The molecule has 1 aliphatic rings. The minimum absolute atomic E-state index is 0.0835. The van der Waals surface area contributed by atoms with E-state index in [1.165, 1.54) is 0 Å². The summed E-state index contributed by atoms with van der Waals surface area (Å²) in [6, 6.07) is 17.2. The molecular weight excluding hydrogens is 292 g/mol. The van der Waals surface area contributed by atoms with Crippen molar-refractivity contribution in [3.05, 3.63) is 82.9 Å². The summed E-state index contributed by atoms with van der Waals surface area (Å²) < 4.78 is 0. The molecule has 0 saturated carbocycles. The second kappa shape index (κ2) is 6.81. The van der Waals surface area contributed by atoms with E-state index in [4.69, 9.17) is 0 Å². The second-order valence-corrected chi connectivity index (χ2v) is 6.12. The fourth-order valence-corrected chi connectivity index (χ4v) is 3.06. The monoisotopic (exact) mass is 310 g/mol. The van der Waals surface area contributed by atoms with Gasteiger partial charge in [0.1, 0.15) is 6.04 Å². The van der Waals surface area contributed by atoms with E-state index in [0.29, 0.717) is 0 Å². The lowest BCUT2D eigenvalue weighted by Crippen LogP contribution is -2.39. The van der Waals surface area contributed by atoms with Crippen LogP contribution in [-0.4, -0.2) is 16.7 Å². The molecule has 0 aliphatic carbocycles. The molecule has 22 heavy (non-hydrogen) atoms. The Morgan fingerprint density at radius 1 is 1.18 bits per heavy atom. The Labute approximate surface area is 135 Å². The standard InChI is InChI=1S/C18H18N2OS/c1-14-6-5-9-16(12-14)18(21)17(15-7-3-2-4-8-15)19-20-10-11-22-13-20/h2-12,17,19H,13H2,1H3. The zero-order chi connectivity index (χ0) is 15.4. The van der Waals surface area contributed by atoms with Crippen molar-refractivity contribution in [1.82, 2.24) is 10.4 Å². The number of hydrazine groups is 1. The van der Waals surface area contributed by atoms with Gasteiger partial charge in [-0.05, 0) is 24.0 Å². The van der Waals surface area contributed by atoms with Crippen LogP contribution in [0.1, 0.15) is 27.5 Å². The number of nitrogens with zero attached hydrogens (tertiary/aromatic N) is 1. The summed E-state index contributed by atoms with van der Waals surface area (Å²) in [5.74, 6) is 0.893. The Morgan fingerprint density at radius 3 is 2.68 bits per heavy atom. The molecule has 1 aliphatic heterocycles. The lowest BCUT2D eigenvalue weighted by atomic mass is 9.97. The number of carbonyl (C=O) groups is 1. The first-order valence-corrected chi connectivity index (χ1v) is 8.26. The van der Waals surface area contributed by atoms with Gasteiger partial charge in [-0.1, -0.05) is 54.1 Å². The predicted molar refractivity (Wildman–Crippen MR) is 91.3 cm³/mol. The van der Waals surface area contributed by atoms with Gasteiger partial charge in [0.2, 0.25) is 0 Å². The van der Waals surface area contributed by atoms with Crippen LogP contribution < -0.4 is 5.43 Å². The molecule has 1 heterocycles. The smallest absolute Gasteiger partial charge is 0.186 e. The number of rotatable bonds is 5. The van der Waals surface area contributed by atoms with Crippen LogP contribution in [0.15, 0.2) is 66.2 Å². The third-order valence-electron chi connectivity index (χ3n) is 3.54. The number of Topliss-reactive ketones (excluding diaryl/α,β-unsaturated/α-hetero) is 1. The van der Waals surface area contributed by atoms with Crippen molar-refractivity contribution in [2.24, 2.45) is 0 Å². The normalized spacial score (nSPS) is 15.0. The van der Waals surface area contributed by atoms with Gasteiger partial charge in [0, 0.05) is 11.8 Å². The van der Waals surface area contributed by atoms with E-state index in [9.17, 15) is 4.79 Å². The number of ketones is 1. The van der Waals surface area contributed by atoms with Crippen molar-refractivity contribution in [3.8, 4) is 0 Å². The van der Waals surface area contributed by atoms with E-state index in [1.807, 2.05) is 78.1 Å². The van der Waals surface area contributed by atoms with Crippen molar-refractivity contribution in [2.75, 3.05) is 5.88 Å². The largest absolute Gasteiger partial charge is 0.304 e. The number of aryl methyl sites for hydroxylation is 1. The summed E-state index contributed by atoms with van der Waals surface area (Å²) in [4.78, 5) is 13.0. The molecule has 0 aromatic heterocycles. The van der Waals surface area contributed by atoms with Gasteiger partial charge in [-0.2, -0.15) is 0 Å². The Hall–Kier alpha value is -2.04. The first kappa shape index (κ1) is 14.9. The quantitative estimate of drug-likeness (QED) is 0.849. The van der Waals surface area contributed by atoms with Crippen LogP contribution in [0.4, 0.5) is 0 Å². The Kier molecular flexibility index (Phi) is 4.61. The first-order valence-electron chi connectivity index (χ1n) is 7.21. The molecule has 112 valence electrons. The number of carbonyl (C=O) groups excluding carboxylic acids is 1. The van der Waals surface area contributed by atoms with Gasteiger partial charge >= 0.3 is 0 Å². The van der Waals surface area contributed by atoms with Crippen LogP contribution in [0.5, 0.6) is 0 Å². The maximum Gasteiger partial charge on any atom is 0.186 e. The highest BCUT2D eigenvalue weighted by Gasteiger charge is 2.24. The number of benzene rings is 2. The maximum atomic E-state index is 13.0. The molecule has 4 heteroatoms. The highest BCUT2D eigenvalue weighted by atomic mass is 32.2. The third-order valence-corrected chi connectivity index (χ3v) is 4.28. The van der Waals surface area contributed by atoms with Crippen molar-refractivity contribution < 1.29 is 4.79 Å². The van der Waals surface area contributed by atoms with Gasteiger partial charge in [0.25, 0.3) is 0 Å². The summed E-state index contributed by atoms with van der Waals surface area (Å²) >= 11 is 1.70. The zero-order valence-electron chi connectivity index (χ0n) is 12.4. The molecule has 0 fully saturated rings. The topological polar surface area (TPSA) is 32.3 Å². The fourth-order valence-electron chi connectivity index (χ4n) is 2.42. The van der Waals surface area contributed by atoms with Crippen molar-refractivity contribution in [3.63, 3.8) is 0 Å². The van der Waals surface area contributed by atoms with Crippen LogP contribution >= 0.6 is 11.8 Å². The molecule has 0 amide bonds. The van der Waals surface area contributed by atoms with Gasteiger partial charge in [-0.3, -0.25) is 4.79 Å². The number of nitrogens with one attached hydrogen (secondary N) is 1. The minimum atomic E-state index is -0.383. The zero-order valence-corrected chi connectivity index (χ0v) is 13.2. The third kappa shape index (κ3) is 3.40. The van der Waals surface area contributed by atoms with Crippen LogP contribution in [0.25, 0.3) is 0 Å². The van der Waals surface area contributed by atoms with Crippen molar-refractivity contribution in [1.29, 1.82) is 0 Å². The highest BCUT2D eigenvalue weighted by molar-refractivity contribution is 8.02. The summed E-state index contributed by atoms with van der Waals surface area (Å²) in [5.41, 5.74) is 6.12.